The van der Waals surface area contributed by atoms with Crippen molar-refractivity contribution in [2.75, 3.05) is 0 Å². The quantitative estimate of drug-likeness (QED) is 0.452. The zero-order chi connectivity index (χ0) is 18.7. The Morgan fingerprint density at radius 1 is 1.12 bits per heavy atom. The number of carbonyl (C=O) groups is 2. The molecule has 0 N–H and O–H groups in total. The Kier molecular flexibility index (Phi) is 5.32. The van der Waals surface area contributed by atoms with E-state index in [9.17, 15) is 19.7 Å². The highest BCUT2D eigenvalue weighted by atomic mass is 35.5. The van der Waals surface area contributed by atoms with Crippen LogP contribution in [-0.4, -0.2) is 22.8 Å². The lowest BCUT2D eigenvalue weighted by molar-refractivity contribution is -0.384. The van der Waals surface area contributed by atoms with Crippen LogP contribution < -0.4 is 0 Å². The van der Waals surface area contributed by atoms with Gasteiger partial charge in [-0.1, -0.05) is 29.8 Å². The Hall–Kier alpha value is -2.73. The molecule has 1 aliphatic rings. The van der Waals surface area contributed by atoms with Crippen LogP contribution in [-0.2, 0) is 9.53 Å². The molecule has 26 heavy (non-hydrogen) atoms. The van der Waals surface area contributed by atoms with E-state index in [1.165, 1.54) is 24.3 Å². The first-order valence-electron chi connectivity index (χ1n) is 8.21. The average molecular weight is 374 g/mol. The van der Waals surface area contributed by atoms with Crippen LogP contribution in [0.25, 0.3) is 0 Å². The summed E-state index contributed by atoms with van der Waals surface area (Å²) in [5, 5.41) is 11.2. The molecule has 0 radical (unpaired) electrons. The van der Waals surface area contributed by atoms with E-state index in [0.717, 1.165) is 12.0 Å². The lowest BCUT2D eigenvalue weighted by Gasteiger charge is -2.28. The summed E-state index contributed by atoms with van der Waals surface area (Å²) < 4.78 is 5.38. The number of carbonyl (C=O) groups excluding carboxylic acids is 2. The highest BCUT2D eigenvalue weighted by Crippen LogP contribution is 2.35. The number of nitro groups is 1. The van der Waals surface area contributed by atoms with Gasteiger partial charge in [0.2, 0.25) is 0 Å². The summed E-state index contributed by atoms with van der Waals surface area (Å²) in [5.74, 6) is -1.23. The Morgan fingerprint density at radius 2 is 1.81 bits per heavy atom. The number of nitrogens with zero attached hydrogens (tertiary/aromatic N) is 1. The van der Waals surface area contributed by atoms with Gasteiger partial charge in [-0.05, 0) is 43.0 Å². The van der Waals surface area contributed by atoms with E-state index in [4.69, 9.17) is 16.3 Å². The summed E-state index contributed by atoms with van der Waals surface area (Å²) in [7, 11) is 0. The van der Waals surface area contributed by atoms with Gasteiger partial charge in [-0.15, -0.1) is 0 Å². The Balaban J connectivity index is 1.73. The summed E-state index contributed by atoms with van der Waals surface area (Å²) in [4.78, 5) is 35.2. The van der Waals surface area contributed by atoms with Gasteiger partial charge in [0.15, 0.2) is 11.9 Å². The van der Waals surface area contributed by atoms with E-state index in [2.05, 4.69) is 0 Å². The lowest BCUT2D eigenvalue weighted by atomic mass is 9.81. The first kappa shape index (κ1) is 18.1. The van der Waals surface area contributed by atoms with Crippen molar-refractivity contribution >= 4 is 29.0 Å². The Labute approximate surface area is 154 Å². The molecule has 0 bridgehead atoms. The van der Waals surface area contributed by atoms with Gasteiger partial charge in [0.1, 0.15) is 0 Å². The third kappa shape index (κ3) is 3.75. The number of ether oxygens (including phenoxy) is 1. The van der Waals surface area contributed by atoms with Crippen molar-refractivity contribution in [3.05, 3.63) is 74.8 Å². The second-order valence-electron chi connectivity index (χ2n) is 6.11. The zero-order valence-corrected chi connectivity index (χ0v) is 14.5. The lowest BCUT2D eigenvalue weighted by Crippen LogP contribution is -2.35. The molecule has 0 unspecified atom stereocenters. The first-order chi connectivity index (χ1) is 12.5. The summed E-state index contributed by atoms with van der Waals surface area (Å²) in [6, 6.07) is 12.3. The van der Waals surface area contributed by atoms with Gasteiger partial charge in [0.05, 0.1) is 10.5 Å². The number of non-ortho nitro benzene ring substituents is 1. The maximum atomic E-state index is 12.8. The summed E-state index contributed by atoms with van der Waals surface area (Å²) in [6.45, 7) is 0. The molecule has 6 nitrogen and oxygen atoms in total. The second-order valence-corrected chi connectivity index (χ2v) is 6.51. The van der Waals surface area contributed by atoms with Gasteiger partial charge in [0.25, 0.3) is 5.69 Å². The van der Waals surface area contributed by atoms with Crippen molar-refractivity contribution in [2.45, 2.75) is 31.3 Å². The van der Waals surface area contributed by atoms with Crippen LogP contribution >= 0.6 is 11.6 Å². The van der Waals surface area contributed by atoms with Crippen LogP contribution in [0.2, 0.25) is 5.02 Å². The predicted octanol–water partition coefficient (Wildman–Crippen LogP) is 4.31. The molecular formula is C19H16ClNO5. The van der Waals surface area contributed by atoms with E-state index in [-0.39, 0.29) is 17.0 Å². The SMILES string of the molecule is O=C(O[C@H]1CCC[C@@H](c2ccccc2Cl)C1=O)c1ccc([N+](=O)[O-])cc1. The number of benzene rings is 2. The maximum Gasteiger partial charge on any atom is 0.338 e. The van der Waals surface area contributed by atoms with Crippen molar-refractivity contribution in [1.29, 1.82) is 0 Å². The van der Waals surface area contributed by atoms with Gasteiger partial charge in [-0.3, -0.25) is 14.9 Å². The number of hydrogen-bond donors (Lipinski definition) is 0. The minimum absolute atomic E-state index is 0.117. The van der Waals surface area contributed by atoms with Gasteiger partial charge < -0.3 is 4.74 Å². The number of nitro benzene ring substituents is 1. The highest BCUT2D eigenvalue weighted by molar-refractivity contribution is 6.31. The molecule has 0 aromatic heterocycles. The number of Topliss-reactive ketones (excluding diaryl/α,β-unsaturated/α-hetero) is 1. The van der Waals surface area contributed by atoms with Crippen molar-refractivity contribution < 1.29 is 19.2 Å². The fraction of sp³-hybridized carbons (Fsp3) is 0.263. The highest BCUT2D eigenvalue weighted by Gasteiger charge is 2.35. The van der Waals surface area contributed by atoms with E-state index in [0.29, 0.717) is 17.9 Å². The molecule has 7 heteroatoms. The summed E-state index contributed by atoms with van der Waals surface area (Å²) in [5.41, 5.74) is 0.799. The summed E-state index contributed by atoms with van der Waals surface area (Å²) >= 11 is 6.20. The van der Waals surface area contributed by atoms with E-state index in [1.807, 2.05) is 12.1 Å². The minimum Gasteiger partial charge on any atom is -0.451 e. The molecule has 0 spiro atoms. The molecule has 0 saturated heterocycles. The van der Waals surface area contributed by atoms with Gasteiger partial charge in [-0.2, -0.15) is 0 Å². The Morgan fingerprint density at radius 3 is 2.46 bits per heavy atom. The first-order valence-corrected chi connectivity index (χ1v) is 8.59. The molecule has 1 aliphatic carbocycles. The van der Waals surface area contributed by atoms with Gasteiger partial charge >= 0.3 is 5.97 Å². The van der Waals surface area contributed by atoms with Crippen molar-refractivity contribution in [3.63, 3.8) is 0 Å². The zero-order valence-electron chi connectivity index (χ0n) is 13.8. The molecule has 134 valence electrons. The minimum atomic E-state index is -0.840. The summed E-state index contributed by atoms with van der Waals surface area (Å²) in [6.07, 6.45) is 1.01. The van der Waals surface area contributed by atoms with Crippen molar-refractivity contribution in [3.8, 4) is 0 Å². The van der Waals surface area contributed by atoms with Crippen LogP contribution in [0.15, 0.2) is 48.5 Å². The number of rotatable bonds is 4. The molecule has 1 saturated carbocycles. The molecule has 0 heterocycles. The monoisotopic (exact) mass is 373 g/mol. The molecule has 2 aromatic carbocycles. The molecule has 2 atom stereocenters. The Bertz CT molecular complexity index is 849. The smallest absolute Gasteiger partial charge is 0.338 e. The molecule has 0 aliphatic heterocycles. The van der Waals surface area contributed by atoms with E-state index >= 15 is 0 Å². The average Bonchev–Trinajstić information content (AvgIpc) is 2.64. The normalized spacial score (nSPS) is 19.8. The number of esters is 1. The van der Waals surface area contributed by atoms with Crippen LogP contribution in [0, 0.1) is 10.1 Å². The van der Waals surface area contributed by atoms with Crippen LogP contribution in [0.4, 0.5) is 5.69 Å². The van der Waals surface area contributed by atoms with Crippen LogP contribution in [0.5, 0.6) is 0 Å². The fourth-order valence-electron chi connectivity index (χ4n) is 3.12. The topological polar surface area (TPSA) is 86.5 Å². The third-order valence-corrected chi connectivity index (χ3v) is 4.81. The van der Waals surface area contributed by atoms with Crippen molar-refractivity contribution in [1.82, 2.24) is 0 Å². The molecule has 3 rings (SSSR count). The van der Waals surface area contributed by atoms with Crippen LogP contribution in [0.1, 0.15) is 41.1 Å². The molecular weight excluding hydrogens is 358 g/mol. The van der Waals surface area contributed by atoms with Gasteiger partial charge in [-0.25, -0.2) is 4.79 Å². The maximum absolute atomic E-state index is 12.8. The van der Waals surface area contributed by atoms with Crippen LogP contribution in [0.3, 0.4) is 0 Å². The second kappa shape index (κ2) is 7.66. The number of ketones is 1. The van der Waals surface area contributed by atoms with Crippen molar-refractivity contribution in [2.24, 2.45) is 0 Å². The van der Waals surface area contributed by atoms with E-state index in [1.54, 1.807) is 12.1 Å². The molecule has 0 amide bonds. The van der Waals surface area contributed by atoms with Gasteiger partial charge in [0, 0.05) is 23.1 Å². The molecule has 1 fully saturated rings. The fourth-order valence-corrected chi connectivity index (χ4v) is 3.38. The molecule has 2 aromatic rings. The number of halogens is 1. The number of hydrogen-bond acceptors (Lipinski definition) is 5. The third-order valence-electron chi connectivity index (χ3n) is 4.46. The standard InChI is InChI=1S/C19H16ClNO5/c20-16-6-2-1-4-14(16)15-5-3-7-17(18(15)22)26-19(23)12-8-10-13(11-9-12)21(24)25/h1-2,4,6,8-11,15,17H,3,5,7H2/t15-,17-/m0/s1. The predicted molar refractivity (Wildman–Crippen MR) is 95.4 cm³/mol. The largest absolute Gasteiger partial charge is 0.451 e. The van der Waals surface area contributed by atoms with E-state index < -0.39 is 22.9 Å².